The number of aryl methyl sites for hydroxylation is 1. The van der Waals surface area contributed by atoms with Gasteiger partial charge in [-0.25, -0.2) is 0 Å². The van der Waals surface area contributed by atoms with Gasteiger partial charge in [0.25, 0.3) is 5.91 Å². The van der Waals surface area contributed by atoms with Crippen LogP contribution in [0.15, 0.2) is 18.2 Å². The normalized spacial score (nSPS) is 21.3. The molecular weight excluding hydrogens is 310 g/mol. The molecule has 0 aliphatic carbocycles. The molecule has 1 aromatic carbocycles. The van der Waals surface area contributed by atoms with Crippen LogP contribution in [0.2, 0.25) is 0 Å². The first-order chi connectivity index (χ1) is 11.3. The van der Waals surface area contributed by atoms with Gasteiger partial charge in [0.05, 0.1) is 18.7 Å². The summed E-state index contributed by atoms with van der Waals surface area (Å²) in [5, 5.41) is 22.8. The van der Waals surface area contributed by atoms with Crippen molar-refractivity contribution < 1.29 is 19.8 Å². The summed E-state index contributed by atoms with van der Waals surface area (Å²) >= 11 is 0. The topological polar surface area (TPSA) is 93.1 Å². The van der Waals surface area contributed by atoms with Crippen LogP contribution in [0.5, 0.6) is 5.75 Å². The summed E-state index contributed by atoms with van der Waals surface area (Å²) in [6.07, 6.45) is -0.178. The van der Waals surface area contributed by atoms with E-state index in [4.69, 9.17) is 0 Å². The highest BCUT2D eigenvalue weighted by atomic mass is 16.3. The molecule has 1 heterocycles. The number of rotatable bonds is 4. The molecule has 1 aliphatic rings. The lowest BCUT2D eigenvalue weighted by molar-refractivity contribution is -0.130. The zero-order chi connectivity index (χ0) is 17.9. The molecule has 0 unspecified atom stereocenters. The van der Waals surface area contributed by atoms with Crippen molar-refractivity contribution in [2.75, 3.05) is 33.7 Å². The molecule has 7 nitrogen and oxygen atoms in total. The number of hydrogen-bond donors (Lipinski definition) is 3. The van der Waals surface area contributed by atoms with Gasteiger partial charge < -0.3 is 20.4 Å². The predicted octanol–water partition coefficient (Wildman–Crippen LogP) is -0.0462. The number of benzene rings is 1. The number of nitrogens with one attached hydrogen (secondary N) is 1. The van der Waals surface area contributed by atoms with Gasteiger partial charge in [-0.2, -0.15) is 0 Å². The van der Waals surface area contributed by atoms with E-state index in [1.807, 2.05) is 4.90 Å². The first-order valence-corrected chi connectivity index (χ1v) is 7.99. The average Bonchev–Trinajstić information content (AvgIpc) is 2.52. The SMILES string of the molecule is Cc1ccc(C(=O)N[C@@H]2CCN(CC(=O)N(C)C)C[C@H]2O)cc1O. The molecule has 132 valence electrons. The number of amides is 2. The maximum absolute atomic E-state index is 12.3. The van der Waals surface area contributed by atoms with Crippen molar-refractivity contribution in [3.8, 4) is 5.75 Å². The molecule has 0 bridgehead atoms. The van der Waals surface area contributed by atoms with E-state index in [1.165, 1.54) is 11.0 Å². The van der Waals surface area contributed by atoms with Crippen LogP contribution < -0.4 is 5.32 Å². The molecule has 2 atom stereocenters. The Hall–Kier alpha value is -2.12. The van der Waals surface area contributed by atoms with E-state index in [0.29, 0.717) is 30.6 Å². The van der Waals surface area contributed by atoms with Crippen LogP contribution in [-0.4, -0.2) is 77.7 Å². The standard InChI is InChI=1S/C17H25N3O4/c1-11-4-5-12(8-14(11)21)17(24)18-13-6-7-20(9-15(13)22)10-16(23)19(2)3/h4-5,8,13,15,21-22H,6-7,9-10H2,1-3H3,(H,18,24)/t13-,15-/m1/s1. The smallest absolute Gasteiger partial charge is 0.251 e. The number of phenolic OH excluding ortho intramolecular Hbond substituents is 1. The number of aromatic hydroxyl groups is 1. The van der Waals surface area contributed by atoms with Crippen molar-refractivity contribution in [1.82, 2.24) is 15.1 Å². The molecule has 1 aromatic rings. The van der Waals surface area contributed by atoms with Crippen LogP contribution in [0.25, 0.3) is 0 Å². The van der Waals surface area contributed by atoms with Gasteiger partial charge in [-0.05, 0) is 31.0 Å². The molecule has 24 heavy (non-hydrogen) atoms. The molecule has 1 aliphatic heterocycles. The molecule has 0 saturated carbocycles. The van der Waals surface area contributed by atoms with E-state index >= 15 is 0 Å². The van der Waals surface area contributed by atoms with Crippen molar-refractivity contribution in [2.24, 2.45) is 0 Å². The van der Waals surface area contributed by atoms with E-state index in [2.05, 4.69) is 5.32 Å². The van der Waals surface area contributed by atoms with E-state index < -0.39 is 6.10 Å². The number of hydrogen-bond acceptors (Lipinski definition) is 5. The molecule has 3 N–H and O–H groups in total. The van der Waals surface area contributed by atoms with Crippen molar-refractivity contribution in [3.05, 3.63) is 29.3 Å². The fourth-order valence-electron chi connectivity index (χ4n) is 2.64. The minimum absolute atomic E-state index is 0.0141. The Morgan fingerprint density at radius 1 is 1.38 bits per heavy atom. The fourth-order valence-corrected chi connectivity index (χ4v) is 2.64. The van der Waals surface area contributed by atoms with E-state index in [0.717, 1.165) is 0 Å². The number of nitrogens with zero attached hydrogens (tertiary/aromatic N) is 2. The number of aliphatic hydroxyl groups excluding tert-OH is 1. The number of likely N-dealkylation sites (tertiary alicyclic amines) is 1. The number of piperidine rings is 1. The first-order valence-electron chi connectivity index (χ1n) is 7.99. The third-order valence-corrected chi connectivity index (χ3v) is 4.31. The maximum Gasteiger partial charge on any atom is 0.251 e. The van der Waals surface area contributed by atoms with Gasteiger partial charge in [0, 0.05) is 32.7 Å². The predicted molar refractivity (Wildman–Crippen MR) is 89.9 cm³/mol. The van der Waals surface area contributed by atoms with Gasteiger partial charge >= 0.3 is 0 Å². The maximum atomic E-state index is 12.3. The second-order valence-corrected chi connectivity index (χ2v) is 6.46. The Balaban J connectivity index is 1.91. The lowest BCUT2D eigenvalue weighted by atomic mass is 10.0. The molecule has 0 spiro atoms. The number of phenols is 1. The number of carbonyl (C=O) groups is 2. The highest BCUT2D eigenvalue weighted by Crippen LogP contribution is 2.18. The summed E-state index contributed by atoms with van der Waals surface area (Å²) < 4.78 is 0. The van der Waals surface area contributed by atoms with Gasteiger partial charge in [0.2, 0.25) is 5.91 Å². The first kappa shape index (κ1) is 18.2. The minimum atomic E-state index is -0.739. The van der Waals surface area contributed by atoms with Crippen LogP contribution in [0.1, 0.15) is 22.3 Å². The quantitative estimate of drug-likeness (QED) is 0.718. The highest BCUT2D eigenvalue weighted by molar-refractivity contribution is 5.95. The zero-order valence-electron chi connectivity index (χ0n) is 14.3. The third-order valence-electron chi connectivity index (χ3n) is 4.31. The van der Waals surface area contributed by atoms with Crippen LogP contribution >= 0.6 is 0 Å². The van der Waals surface area contributed by atoms with E-state index in [-0.39, 0.29) is 30.2 Å². The van der Waals surface area contributed by atoms with Gasteiger partial charge in [-0.15, -0.1) is 0 Å². The molecule has 2 rings (SSSR count). The number of carbonyl (C=O) groups excluding carboxylic acids is 2. The van der Waals surface area contributed by atoms with Crippen molar-refractivity contribution >= 4 is 11.8 Å². The third kappa shape index (κ3) is 4.46. The Bertz CT molecular complexity index is 618. The largest absolute Gasteiger partial charge is 0.508 e. The summed E-state index contributed by atoms with van der Waals surface area (Å²) in [5.74, 6) is -0.271. The van der Waals surface area contributed by atoms with E-state index in [1.54, 1.807) is 33.2 Å². The monoisotopic (exact) mass is 335 g/mol. The van der Waals surface area contributed by atoms with Crippen molar-refractivity contribution in [3.63, 3.8) is 0 Å². The molecule has 1 saturated heterocycles. The summed E-state index contributed by atoms with van der Waals surface area (Å²) in [7, 11) is 3.39. The van der Waals surface area contributed by atoms with Crippen molar-refractivity contribution in [1.29, 1.82) is 0 Å². The fraction of sp³-hybridized carbons (Fsp3) is 0.529. The van der Waals surface area contributed by atoms with Crippen LogP contribution in [0.3, 0.4) is 0 Å². The van der Waals surface area contributed by atoms with E-state index in [9.17, 15) is 19.8 Å². The van der Waals surface area contributed by atoms with Gasteiger partial charge in [0.1, 0.15) is 5.75 Å². The lowest BCUT2D eigenvalue weighted by Gasteiger charge is -2.36. The molecular formula is C17H25N3O4. The number of β-amino-alcohol motifs (C(OH)–C–C–N with tert-alkyl or cyclic N) is 1. The Morgan fingerprint density at radius 2 is 2.08 bits per heavy atom. The second-order valence-electron chi connectivity index (χ2n) is 6.46. The summed E-state index contributed by atoms with van der Waals surface area (Å²) in [4.78, 5) is 27.4. The molecule has 2 amide bonds. The summed E-state index contributed by atoms with van der Waals surface area (Å²) in [5.41, 5.74) is 1.06. The molecule has 0 radical (unpaired) electrons. The number of likely N-dealkylation sites (N-methyl/N-ethyl adjacent to an activating group) is 1. The summed E-state index contributed by atoms with van der Waals surface area (Å²) in [6.45, 7) is 2.98. The van der Waals surface area contributed by atoms with Gasteiger partial charge in [0.15, 0.2) is 0 Å². The summed E-state index contributed by atoms with van der Waals surface area (Å²) in [6, 6.07) is 4.37. The average molecular weight is 335 g/mol. The van der Waals surface area contributed by atoms with Crippen molar-refractivity contribution in [2.45, 2.75) is 25.5 Å². The van der Waals surface area contributed by atoms with Crippen LogP contribution in [0, 0.1) is 6.92 Å². The lowest BCUT2D eigenvalue weighted by Crippen LogP contribution is -2.55. The highest BCUT2D eigenvalue weighted by Gasteiger charge is 2.30. The minimum Gasteiger partial charge on any atom is -0.508 e. The number of aliphatic hydroxyl groups is 1. The Kier molecular flexibility index (Phi) is 5.80. The van der Waals surface area contributed by atoms with Crippen LogP contribution in [-0.2, 0) is 4.79 Å². The van der Waals surface area contributed by atoms with Crippen LogP contribution in [0.4, 0.5) is 0 Å². The Labute approximate surface area is 141 Å². The molecule has 1 fully saturated rings. The molecule has 0 aromatic heterocycles. The second kappa shape index (κ2) is 7.63. The zero-order valence-corrected chi connectivity index (χ0v) is 14.3. The molecule has 7 heteroatoms. The Morgan fingerprint density at radius 3 is 2.67 bits per heavy atom. The van der Waals surface area contributed by atoms with Gasteiger partial charge in [-0.3, -0.25) is 14.5 Å². The van der Waals surface area contributed by atoms with Gasteiger partial charge in [-0.1, -0.05) is 6.07 Å².